The van der Waals surface area contributed by atoms with E-state index in [0.717, 1.165) is 6.42 Å². The van der Waals surface area contributed by atoms with E-state index in [4.69, 9.17) is 9.47 Å². The zero-order chi connectivity index (χ0) is 22.9. The molecule has 0 saturated heterocycles. The average Bonchev–Trinajstić information content (AvgIpc) is 2.77. The first-order valence-electron chi connectivity index (χ1n) is 10.1. The Kier molecular flexibility index (Phi) is 9.02. The Morgan fingerprint density at radius 1 is 0.935 bits per heavy atom. The standard InChI is InChI=1S/C22H28N2O6S/c1-4-15-29-19-11-7-17(8-12-19)22(26)30-16-21(25)23-18-9-13-20(14-10-18)31(27,28)24(5-2)6-3/h7-14H,4-6,15-16H2,1-3H3,(H,23,25). The van der Waals surface area contributed by atoms with Gasteiger partial charge in [0.2, 0.25) is 10.0 Å². The number of ether oxygens (including phenoxy) is 2. The van der Waals surface area contributed by atoms with Gasteiger partial charge in [-0.25, -0.2) is 13.2 Å². The lowest BCUT2D eigenvalue weighted by molar-refractivity contribution is -0.119. The first kappa shape index (κ1) is 24.4. The predicted molar refractivity (Wildman–Crippen MR) is 118 cm³/mol. The van der Waals surface area contributed by atoms with Gasteiger partial charge in [-0.3, -0.25) is 4.79 Å². The summed E-state index contributed by atoms with van der Waals surface area (Å²) in [5.74, 6) is -0.504. The van der Waals surface area contributed by atoms with E-state index in [-0.39, 0.29) is 4.90 Å². The number of carbonyl (C=O) groups excluding carboxylic acids is 2. The second-order valence-electron chi connectivity index (χ2n) is 6.61. The summed E-state index contributed by atoms with van der Waals surface area (Å²) in [4.78, 5) is 24.3. The van der Waals surface area contributed by atoms with Crippen LogP contribution in [0.2, 0.25) is 0 Å². The minimum absolute atomic E-state index is 0.145. The zero-order valence-corrected chi connectivity index (χ0v) is 18.8. The molecule has 0 unspecified atom stereocenters. The van der Waals surface area contributed by atoms with Gasteiger partial charge in [0.25, 0.3) is 5.91 Å². The third-order valence-electron chi connectivity index (χ3n) is 4.38. The van der Waals surface area contributed by atoms with Crippen LogP contribution in [-0.4, -0.2) is 50.9 Å². The zero-order valence-electron chi connectivity index (χ0n) is 18.0. The number of sulfonamides is 1. The van der Waals surface area contributed by atoms with Crippen molar-refractivity contribution < 1.29 is 27.5 Å². The van der Waals surface area contributed by atoms with Crippen LogP contribution in [-0.2, 0) is 19.6 Å². The molecule has 1 N–H and O–H groups in total. The second kappa shape index (κ2) is 11.5. The fourth-order valence-corrected chi connectivity index (χ4v) is 4.20. The summed E-state index contributed by atoms with van der Waals surface area (Å²) in [6, 6.07) is 12.3. The van der Waals surface area contributed by atoms with E-state index >= 15 is 0 Å². The van der Waals surface area contributed by atoms with Crippen LogP contribution in [0.1, 0.15) is 37.6 Å². The lowest BCUT2D eigenvalue weighted by Gasteiger charge is -2.18. The number of carbonyl (C=O) groups is 2. The number of rotatable bonds is 11. The molecule has 2 aromatic carbocycles. The summed E-state index contributed by atoms with van der Waals surface area (Å²) in [6.07, 6.45) is 0.882. The van der Waals surface area contributed by atoms with Gasteiger partial charge in [0, 0.05) is 18.8 Å². The molecule has 0 aliphatic rings. The van der Waals surface area contributed by atoms with Crippen LogP contribution >= 0.6 is 0 Å². The molecule has 168 valence electrons. The normalized spacial score (nSPS) is 11.2. The molecule has 0 aliphatic carbocycles. The largest absolute Gasteiger partial charge is 0.494 e. The monoisotopic (exact) mass is 448 g/mol. The van der Waals surface area contributed by atoms with E-state index in [9.17, 15) is 18.0 Å². The molecule has 2 aromatic rings. The number of hydrogen-bond donors (Lipinski definition) is 1. The highest BCUT2D eigenvalue weighted by molar-refractivity contribution is 7.89. The smallest absolute Gasteiger partial charge is 0.338 e. The number of nitrogens with one attached hydrogen (secondary N) is 1. The van der Waals surface area contributed by atoms with E-state index in [1.165, 1.54) is 28.6 Å². The summed E-state index contributed by atoms with van der Waals surface area (Å²) in [5.41, 5.74) is 0.708. The lowest BCUT2D eigenvalue weighted by atomic mass is 10.2. The molecule has 0 fully saturated rings. The fourth-order valence-electron chi connectivity index (χ4n) is 2.74. The van der Waals surface area contributed by atoms with Gasteiger partial charge >= 0.3 is 5.97 Å². The molecular weight excluding hydrogens is 420 g/mol. The fraction of sp³-hybridized carbons (Fsp3) is 0.364. The Bertz CT molecular complexity index is 968. The molecule has 0 aliphatic heterocycles. The van der Waals surface area contributed by atoms with Crippen LogP contribution < -0.4 is 10.1 Å². The van der Waals surface area contributed by atoms with Gasteiger partial charge in [0.1, 0.15) is 5.75 Å². The minimum atomic E-state index is -3.56. The maximum Gasteiger partial charge on any atom is 0.338 e. The Balaban J connectivity index is 1.89. The summed E-state index contributed by atoms with van der Waals surface area (Å²) in [7, 11) is -3.56. The highest BCUT2D eigenvalue weighted by atomic mass is 32.2. The highest BCUT2D eigenvalue weighted by Crippen LogP contribution is 2.18. The Labute approximate surface area is 183 Å². The van der Waals surface area contributed by atoms with E-state index < -0.39 is 28.5 Å². The topological polar surface area (TPSA) is 102 Å². The van der Waals surface area contributed by atoms with Crippen molar-refractivity contribution >= 4 is 27.6 Å². The number of hydrogen-bond acceptors (Lipinski definition) is 6. The van der Waals surface area contributed by atoms with Crippen LogP contribution in [0.15, 0.2) is 53.4 Å². The van der Waals surface area contributed by atoms with Crippen LogP contribution in [0.4, 0.5) is 5.69 Å². The van der Waals surface area contributed by atoms with Crippen molar-refractivity contribution in [2.45, 2.75) is 32.1 Å². The SMILES string of the molecule is CCCOc1ccc(C(=O)OCC(=O)Nc2ccc(S(=O)(=O)N(CC)CC)cc2)cc1. The van der Waals surface area contributed by atoms with E-state index in [1.54, 1.807) is 38.1 Å². The molecule has 0 spiro atoms. The molecule has 2 rings (SSSR count). The van der Waals surface area contributed by atoms with Crippen molar-refractivity contribution in [3.05, 3.63) is 54.1 Å². The summed E-state index contributed by atoms with van der Waals surface area (Å²) in [6.45, 7) is 6.41. The van der Waals surface area contributed by atoms with Gasteiger partial charge in [0.15, 0.2) is 6.61 Å². The van der Waals surface area contributed by atoms with E-state index in [1.807, 2.05) is 6.92 Å². The summed E-state index contributed by atoms with van der Waals surface area (Å²) < 4.78 is 36.8. The van der Waals surface area contributed by atoms with Gasteiger partial charge in [-0.2, -0.15) is 4.31 Å². The van der Waals surface area contributed by atoms with Gasteiger partial charge in [-0.05, 0) is 55.0 Å². The van der Waals surface area contributed by atoms with E-state index in [0.29, 0.717) is 36.7 Å². The minimum Gasteiger partial charge on any atom is -0.494 e. The molecule has 0 atom stereocenters. The van der Waals surface area contributed by atoms with Crippen molar-refractivity contribution in [2.75, 3.05) is 31.6 Å². The van der Waals surface area contributed by atoms with Crippen molar-refractivity contribution in [1.29, 1.82) is 0 Å². The number of nitrogens with zero attached hydrogens (tertiary/aromatic N) is 1. The van der Waals surface area contributed by atoms with Crippen molar-refractivity contribution in [1.82, 2.24) is 4.31 Å². The van der Waals surface area contributed by atoms with Crippen LogP contribution in [0, 0.1) is 0 Å². The number of anilines is 1. The molecular formula is C22H28N2O6S. The van der Waals surface area contributed by atoms with Crippen molar-refractivity contribution in [3.8, 4) is 5.75 Å². The molecule has 0 bridgehead atoms. The average molecular weight is 449 g/mol. The molecule has 31 heavy (non-hydrogen) atoms. The molecule has 0 aromatic heterocycles. The van der Waals surface area contributed by atoms with Crippen LogP contribution in [0.25, 0.3) is 0 Å². The third kappa shape index (κ3) is 6.80. The van der Waals surface area contributed by atoms with Gasteiger partial charge in [0.05, 0.1) is 17.1 Å². The van der Waals surface area contributed by atoms with Crippen molar-refractivity contribution in [2.24, 2.45) is 0 Å². The highest BCUT2D eigenvalue weighted by Gasteiger charge is 2.21. The molecule has 8 nitrogen and oxygen atoms in total. The van der Waals surface area contributed by atoms with E-state index in [2.05, 4.69) is 5.32 Å². The Hall–Kier alpha value is -2.91. The first-order chi connectivity index (χ1) is 14.8. The number of benzene rings is 2. The quantitative estimate of drug-likeness (QED) is 0.529. The second-order valence-corrected chi connectivity index (χ2v) is 8.55. The van der Waals surface area contributed by atoms with Crippen molar-refractivity contribution in [3.63, 3.8) is 0 Å². The van der Waals surface area contributed by atoms with Gasteiger partial charge in [-0.1, -0.05) is 20.8 Å². The van der Waals surface area contributed by atoms with Gasteiger partial charge < -0.3 is 14.8 Å². The summed E-state index contributed by atoms with van der Waals surface area (Å²) in [5, 5.41) is 2.57. The van der Waals surface area contributed by atoms with Crippen LogP contribution in [0.5, 0.6) is 5.75 Å². The molecule has 0 saturated carbocycles. The summed E-state index contributed by atoms with van der Waals surface area (Å²) >= 11 is 0. The Morgan fingerprint density at radius 3 is 2.10 bits per heavy atom. The molecule has 0 heterocycles. The predicted octanol–water partition coefficient (Wildman–Crippen LogP) is 3.30. The molecule has 1 amide bonds. The Morgan fingerprint density at radius 2 is 1.55 bits per heavy atom. The first-order valence-corrected chi connectivity index (χ1v) is 11.6. The maximum absolute atomic E-state index is 12.5. The maximum atomic E-state index is 12.5. The molecule has 9 heteroatoms. The third-order valence-corrected chi connectivity index (χ3v) is 6.44. The van der Waals surface area contributed by atoms with Crippen LogP contribution in [0.3, 0.4) is 0 Å². The number of esters is 1. The number of amides is 1. The van der Waals surface area contributed by atoms with Gasteiger partial charge in [-0.15, -0.1) is 0 Å². The lowest BCUT2D eigenvalue weighted by Crippen LogP contribution is -2.30. The molecule has 0 radical (unpaired) electrons.